The summed E-state index contributed by atoms with van der Waals surface area (Å²) < 4.78 is 0. The zero-order chi connectivity index (χ0) is 24.8. The van der Waals surface area contributed by atoms with Crippen molar-refractivity contribution in [3.63, 3.8) is 0 Å². The second kappa shape index (κ2) is 14.3. The van der Waals surface area contributed by atoms with E-state index in [1.165, 1.54) is 20.8 Å². The van der Waals surface area contributed by atoms with Gasteiger partial charge in [-0.05, 0) is 20.8 Å². The molecule has 0 fully saturated rings. The molecule has 6 amide bonds. The van der Waals surface area contributed by atoms with Crippen LogP contribution in [-0.2, 0) is 33.6 Å². The lowest BCUT2D eigenvalue weighted by molar-refractivity contribution is -0.141. The average molecular weight is 459 g/mol. The van der Waals surface area contributed by atoms with Crippen molar-refractivity contribution in [1.29, 1.82) is 0 Å². The maximum Gasteiger partial charge on any atom is 0.325 e. The zero-order valence-electron chi connectivity index (χ0n) is 17.9. The zero-order valence-corrected chi connectivity index (χ0v) is 17.9. The lowest BCUT2D eigenvalue weighted by Gasteiger charge is -2.19. The van der Waals surface area contributed by atoms with E-state index in [0.29, 0.717) is 0 Å². The molecule has 3 atom stereocenters. The molecular weight excluding hydrogens is 430 g/mol. The van der Waals surface area contributed by atoms with Crippen LogP contribution in [0.25, 0.3) is 0 Å². The van der Waals surface area contributed by atoms with Gasteiger partial charge in [0.25, 0.3) is 0 Å². The highest BCUT2D eigenvalue weighted by molar-refractivity contribution is 5.94. The summed E-state index contributed by atoms with van der Waals surface area (Å²) in [6, 6.07) is -3.25. The van der Waals surface area contributed by atoms with Crippen LogP contribution in [0.4, 0.5) is 0 Å². The van der Waals surface area contributed by atoms with E-state index in [9.17, 15) is 33.6 Å². The first kappa shape index (κ1) is 28.2. The van der Waals surface area contributed by atoms with Gasteiger partial charge in [0.2, 0.25) is 35.4 Å². The number of hydrogen-bond acceptors (Lipinski definition) is 8. The number of aliphatic carboxylic acids is 1. The van der Waals surface area contributed by atoms with E-state index in [-0.39, 0.29) is 13.1 Å². The fraction of sp³-hybridized carbons (Fsp3) is 0.588. The lowest BCUT2D eigenvalue weighted by atomic mass is 10.2. The molecule has 0 heterocycles. The van der Waals surface area contributed by atoms with Crippen molar-refractivity contribution in [3.05, 3.63) is 0 Å². The number of carboxylic acids is 1. The second-order valence-electron chi connectivity index (χ2n) is 6.62. The fourth-order valence-corrected chi connectivity index (χ4v) is 1.90. The Labute approximate surface area is 183 Å². The molecule has 15 nitrogen and oxygen atoms in total. The molecule has 0 aliphatic rings. The van der Waals surface area contributed by atoms with Crippen molar-refractivity contribution in [1.82, 2.24) is 31.9 Å². The molecule has 0 aromatic carbocycles. The van der Waals surface area contributed by atoms with Gasteiger partial charge in [0.05, 0.1) is 26.2 Å². The van der Waals surface area contributed by atoms with Crippen LogP contribution in [0.5, 0.6) is 0 Å². The summed E-state index contributed by atoms with van der Waals surface area (Å²) in [6.45, 7) is 2.38. The number of rotatable bonds is 13. The second-order valence-corrected chi connectivity index (χ2v) is 6.62. The van der Waals surface area contributed by atoms with E-state index in [1.54, 1.807) is 0 Å². The van der Waals surface area contributed by atoms with Gasteiger partial charge in [0, 0.05) is 0 Å². The first-order valence-corrected chi connectivity index (χ1v) is 9.50. The molecular formula is C17H29N7O8. The summed E-state index contributed by atoms with van der Waals surface area (Å²) in [5, 5.41) is 22.2. The van der Waals surface area contributed by atoms with E-state index in [4.69, 9.17) is 10.8 Å². The van der Waals surface area contributed by atoms with Gasteiger partial charge < -0.3 is 42.7 Å². The topological polar surface area (TPSA) is 238 Å². The minimum absolute atomic E-state index is 0.282. The van der Waals surface area contributed by atoms with E-state index < -0.39 is 72.6 Å². The van der Waals surface area contributed by atoms with Gasteiger partial charge in [0.1, 0.15) is 18.1 Å². The van der Waals surface area contributed by atoms with Gasteiger partial charge in [-0.3, -0.25) is 33.6 Å². The SMILES string of the molecule is C[C@H](NC(=O)[C@H](C)NC(=O)[C@H](C)NC(=O)CNC(=O)CNC(=O)CNC(=O)CN)C(=O)O. The minimum atomic E-state index is -1.24. The Hall–Kier alpha value is -3.75. The summed E-state index contributed by atoms with van der Waals surface area (Å²) in [4.78, 5) is 80.5. The highest BCUT2D eigenvalue weighted by Gasteiger charge is 2.23. The van der Waals surface area contributed by atoms with Crippen LogP contribution in [-0.4, -0.2) is 90.8 Å². The van der Waals surface area contributed by atoms with Crippen LogP contribution in [0.2, 0.25) is 0 Å². The predicted molar refractivity (Wildman–Crippen MR) is 109 cm³/mol. The molecule has 15 heteroatoms. The summed E-state index contributed by atoms with van der Waals surface area (Å²) in [6.07, 6.45) is 0. The monoisotopic (exact) mass is 459 g/mol. The maximum absolute atomic E-state index is 12.1. The number of carbonyl (C=O) groups is 7. The van der Waals surface area contributed by atoms with Crippen molar-refractivity contribution >= 4 is 41.4 Å². The summed E-state index contributed by atoms with van der Waals surface area (Å²) in [5.41, 5.74) is 5.06. The number of nitrogens with two attached hydrogens (primary N) is 1. The summed E-state index contributed by atoms with van der Waals surface area (Å²) in [7, 11) is 0. The Balaban J connectivity index is 4.25. The van der Waals surface area contributed by atoms with Gasteiger partial charge >= 0.3 is 5.97 Å². The molecule has 0 radical (unpaired) electrons. The third-order valence-corrected chi connectivity index (χ3v) is 3.78. The first-order valence-electron chi connectivity index (χ1n) is 9.50. The molecule has 0 rings (SSSR count). The van der Waals surface area contributed by atoms with Crippen LogP contribution < -0.4 is 37.6 Å². The Morgan fingerprint density at radius 1 is 0.625 bits per heavy atom. The number of hydrogen-bond donors (Lipinski definition) is 8. The van der Waals surface area contributed by atoms with Gasteiger partial charge in [-0.2, -0.15) is 0 Å². The quantitative estimate of drug-likeness (QED) is 0.131. The lowest BCUT2D eigenvalue weighted by Crippen LogP contribution is -2.54. The molecule has 0 unspecified atom stereocenters. The van der Waals surface area contributed by atoms with E-state index in [0.717, 1.165) is 0 Å². The highest BCUT2D eigenvalue weighted by Crippen LogP contribution is 1.90. The van der Waals surface area contributed by atoms with E-state index in [2.05, 4.69) is 31.9 Å². The van der Waals surface area contributed by atoms with Crippen molar-refractivity contribution in [2.45, 2.75) is 38.9 Å². The Morgan fingerprint density at radius 2 is 1.00 bits per heavy atom. The average Bonchev–Trinajstić information content (AvgIpc) is 2.73. The molecule has 0 aliphatic heterocycles. The smallest absolute Gasteiger partial charge is 0.325 e. The molecule has 9 N–H and O–H groups in total. The van der Waals surface area contributed by atoms with Gasteiger partial charge in [-0.15, -0.1) is 0 Å². The largest absolute Gasteiger partial charge is 0.480 e. The predicted octanol–water partition coefficient (Wildman–Crippen LogP) is -5.11. The van der Waals surface area contributed by atoms with Crippen molar-refractivity contribution in [2.75, 3.05) is 26.2 Å². The van der Waals surface area contributed by atoms with Crippen LogP contribution in [0.3, 0.4) is 0 Å². The molecule has 0 aromatic heterocycles. The molecule has 0 saturated carbocycles. The Morgan fingerprint density at radius 3 is 1.44 bits per heavy atom. The van der Waals surface area contributed by atoms with Crippen molar-refractivity contribution in [3.8, 4) is 0 Å². The fourth-order valence-electron chi connectivity index (χ4n) is 1.90. The molecule has 0 aromatic rings. The van der Waals surface area contributed by atoms with Crippen LogP contribution >= 0.6 is 0 Å². The van der Waals surface area contributed by atoms with E-state index in [1.807, 2.05) is 0 Å². The van der Waals surface area contributed by atoms with Crippen molar-refractivity contribution in [2.24, 2.45) is 5.73 Å². The van der Waals surface area contributed by atoms with Gasteiger partial charge in [0.15, 0.2) is 0 Å². The molecule has 0 spiro atoms. The third-order valence-electron chi connectivity index (χ3n) is 3.78. The van der Waals surface area contributed by atoms with Gasteiger partial charge in [-0.25, -0.2) is 0 Å². The molecule has 0 saturated heterocycles. The van der Waals surface area contributed by atoms with Crippen LogP contribution in [0, 0.1) is 0 Å². The van der Waals surface area contributed by atoms with Crippen LogP contribution in [0.15, 0.2) is 0 Å². The van der Waals surface area contributed by atoms with Crippen LogP contribution in [0.1, 0.15) is 20.8 Å². The first-order chi connectivity index (χ1) is 14.9. The highest BCUT2D eigenvalue weighted by atomic mass is 16.4. The number of amides is 6. The summed E-state index contributed by atoms with van der Waals surface area (Å²) >= 11 is 0. The van der Waals surface area contributed by atoms with Crippen molar-refractivity contribution < 1.29 is 38.7 Å². The number of nitrogens with one attached hydrogen (secondary N) is 6. The summed E-state index contributed by atoms with van der Waals surface area (Å²) in [5.74, 6) is -5.23. The maximum atomic E-state index is 12.1. The number of carboxylic acid groups (broad SMARTS) is 1. The molecule has 0 aliphatic carbocycles. The molecule has 32 heavy (non-hydrogen) atoms. The van der Waals surface area contributed by atoms with Gasteiger partial charge in [-0.1, -0.05) is 0 Å². The van der Waals surface area contributed by atoms with E-state index >= 15 is 0 Å². The Kier molecular flexibility index (Phi) is 12.6. The molecule has 0 bridgehead atoms. The third kappa shape index (κ3) is 12.1. The number of carbonyl (C=O) groups excluding carboxylic acids is 6. The molecule has 180 valence electrons. The minimum Gasteiger partial charge on any atom is -0.480 e. The normalized spacial score (nSPS) is 12.9. The standard InChI is InChI=1S/C17H29N7O8/c1-8(15(29)23-9(2)16(30)24-10(3)17(31)32)22-14(28)7-21-13(27)6-20-12(26)5-19-11(25)4-18/h8-10H,4-7,18H2,1-3H3,(H,19,25)(H,20,26)(H,21,27)(H,22,28)(H,23,29)(H,24,30)(H,31,32)/t8-,9-,10-/m0/s1. The Bertz CT molecular complexity index is 742.